The maximum atomic E-state index is 12.6. The molecule has 8 heteroatoms. The molecule has 0 spiro atoms. The van der Waals surface area contributed by atoms with Crippen molar-refractivity contribution >= 4 is 29.3 Å². The Morgan fingerprint density at radius 2 is 1.79 bits per heavy atom. The van der Waals surface area contributed by atoms with Gasteiger partial charge in [0.1, 0.15) is 0 Å². The Balaban J connectivity index is 1.95. The summed E-state index contributed by atoms with van der Waals surface area (Å²) in [4.78, 5) is 25.3. The lowest BCUT2D eigenvalue weighted by Gasteiger charge is -2.22. The van der Waals surface area contributed by atoms with E-state index in [-0.39, 0.29) is 24.7 Å². The third kappa shape index (κ3) is 6.60. The molecule has 2 aromatic rings. The van der Waals surface area contributed by atoms with Crippen molar-refractivity contribution < 1.29 is 22.8 Å². The van der Waals surface area contributed by atoms with E-state index < -0.39 is 12.1 Å². The van der Waals surface area contributed by atoms with Crippen LogP contribution in [0.4, 0.5) is 18.9 Å². The van der Waals surface area contributed by atoms with Gasteiger partial charge in [-0.25, -0.2) is 0 Å². The number of halogens is 3. The molecule has 0 aliphatic carbocycles. The molecule has 0 saturated carbocycles. The summed E-state index contributed by atoms with van der Waals surface area (Å²) in [5.41, 5.74) is 2.11. The average Bonchev–Trinajstić information content (AvgIpc) is 2.64. The number of thioether (sulfide) groups is 1. The van der Waals surface area contributed by atoms with Crippen LogP contribution in [0, 0.1) is 6.92 Å². The fourth-order valence-corrected chi connectivity index (χ4v) is 3.15. The van der Waals surface area contributed by atoms with E-state index in [0.29, 0.717) is 16.2 Å². The van der Waals surface area contributed by atoms with Gasteiger partial charge in [-0.05, 0) is 43.7 Å². The zero-order chi connectivity index (χ0) is 20.7. The number of carbonyl (C=O) groups is 2. The number of benzene rings is 2. The van der Waals surface area contributed by atoms with Crippen LogP contribution in [0.15, 0.2) is 53.4 Å². The van der Waals surface area contributed by atoms with Gasteiger partial charge in [0.15, 0.2) is 0 Å². The fraction of sp³-hybridized carbons (Fsp3) is 0.300. The quantitative estimate of drug-likeness (QED) is 0.677. The first-order valence-corrected chi connectivity index (χ1v) is 9.62. The van der Waals surface area contributed by atoms with E-state index in [1.165, 1.54) is 18.7 Å². The van der Waals surface area contributed by atoms with Crippen molar-refractivity contribution in [3.8, 4) is 0 Å². The van der Waals surface area contributed by atoms with E-state index in [1.807, 2.05) is 31.2 Å². The number of hydrogen-bond acceptors (Lipinski definition) is 3. The highest BCUT2D eigenvalue weighted by molar-refractivity contribution is 8.00. The normalized spacial score (nSPS) is 11.2. The van der Waals surface area contributed by atoms with Crippen molar-refractivity contribution in [2.45, 2.75) is 31.5 Å². The molecule has 0 saturated heterocycles. The summed E-state index contributed by atoms with van der Waals surface area (Å²) in [5, 5.41) is 2.73. The molecule has 0 aliphatic heterocycles. The molecule has 2 rings (SSSR count). The highest BCUT2D eigenvalue weighted by Gasteiger charge is 2.41. The number of rotatable bonds is 7. The summed E-state index contributed by atoms with van der Waals surface area (Å²) in [5.74, 6) is -1.89. The molecular weight excluding hydrogens is 389 g/mol. The number of nitrogens with one attached hydrogen (secondary N) is 1. The lowest BCUT2D eigenvalue weighted by molar-refractivity contribution is -0.185. The number of anilines is 1. The summed E-state index contributed by atoms with van der Waals surface area (Å²) < 4.78 is 37.9. The number of hydrogen-bond donors (Lipinski definition) is 1. The molecule has 0 radical (unpaired) electrons. The minimum absolute atomic E-state index is 0.0673. The van der Waals surface area contributed by atoms with E-state index >= 15 is 0 Å². The van der Waals surface area contributed by atoms with Gasteiger partial charge in [0, 0.05) is 23.7 Å². The summed E-state index contributed by atoms with van der Waals surface area (Å²) in [6.07, 6.45) is -4.91. The van der Waals surface area contributed by atoms with Crippen LogP contribution < -0.4 is 5.32 Å². The van der Waals surface area contributed by atoms with Crippen LogP contribution in [-0.2, 0) is 16.1 Å². The van der Waals surface area contributed by atoms with Gasteiger partial charge in [0.2, 0.25) is 5.91 Å². The molecule has 0 heterocycles. The predicted octanol–water partition coefficient (Wildman–Crippen LogP) is 4.64. The van der Waals surface area contributed by atoms with Gasteiger partial charge in [-0.1, -0.05) is 29.8 Å². The molecule has 150 valence electrons. The smallest absolute Gasteiger partial charge is 0.331 e. The molecule has 2 amide bonds. The van der Waals surface area contributed by atoms with Crippen molar-refractivity contribution in [1.82, 2.24) is 4.90 Å². The average molecular weight is 410 g/mol. The minimum Gasteiger partial charge on any atom is -0.331 e. The molecule has 28 heavy (non-hydrogen) atoms. The van der Waals surface area contributed by atoms with E-state index in [0.717, 1.165) is 10.5 Å². The Morgan fingerprint density at radius 3 is 2.39 bits per heavy atom. The first-order valence-electron chi connectivity index (χ1n) is 8.63. The molecule has 0 aliphatic rings. The van der Waals surface area contributed by atoms with Crippen LogP contribution >= 0.6 is 11.8 Å². The van der Waals surface area contributed by atoms with Gasteiger partial charge in [-0.2, -0.15) is 13.2 Å². The summed E-state index contributed by atoms with van der Waals surface area (Å²) >= 11 is 1.39. The van der Waals surface area contributed by atoms with Crippen molar-refractivity contribution in [3.63, 3.8) is 0 Å². The van der Waals surface area contributed by atoms with Crippen LogP contribution in [0.1, 0.15) is 18.1 Å². The third-order valence-electron chi connectivity index (χ3n) is 3.89. The standard InChI is InChI=1S/C20H21F3N2O2S/c1-3-25(19(27)20(21,22)23)12-15-5-4-6-16(11-15)24-18(26)13-28-17-9-7-14(2)8-10-17/h4-11H,3,12-13H2,1-2H3,(H,24,26). The number of amides is 2. The largest absolute Gasteiger partial charge is 0.471 e. The van der Waals surface area contributed by atoms with Crippen LogP contribution in [0.25, 0.3) is 0 Å². The maximum absolute atomic E-state index is 12.6. The highest BCUT2D eigenvalue weighted by atomic mass is 32.2. The van der Waals surface area contributed by atoms with Crippen molar-refractivity contribution in [2.24, 2.45) is 0 Å². The van der Waals surface area contributed by atoms with E-state index in [2.05, 4.69) is 5.32 Å². The van der Waals surface area contributed by atoms with Crippen LogP contribution in [0.2, 0.25) is 0 Å². The molecule has 0 unspecified atom stereocenters. The van der Waals surface area contributed by atoms with Gasteiger partial charge in [0.05, 0.1) is 5.75 Å². The SMILES string of the molecule is CCN(Cc1cccc(NC(=O)CSc2ccc(C)cc2)c1)C(=O)C(F)(F)F. The topological polar surface area (TPSA) is 49.4 Å². The number of nitrogens with zero attached hydrogens (tertiary/aromatic N) is 1. The van der Waals surface area contributed by atoms with Crippen LogP contribution in [0.3, 0.4) is 0 Å². The minimum atomic E-state index is -4.91. The second-order valence-corrected chi connectivity index (χ2v) is 7.22. The Bertz CT molecular complexity index is 823. The zero-order valence-corrected chi connectivity index (χ0v) is 16.4. The lowest BCUT2D eigenvalue weighted by Crippen LogP contribution is -2.40. The fourth-order valence-electron chi connectivity index (χ4n) is 2.45. The number of carbonyl (C=O) groups excluding carboxylic acids is 2. The molecule has 1 N–H and O–H groups in total. The second kappa shape index (κ2) is 9.64. The van der Waals surface area contributed by atoms with E-state index in [1.54, 1.807) is 24.3 Å². The second-order valence-electron chi connectivity index (χ2n) is 6.17. The molecular formula is C20H21F3N2O2S. The summed E-state index contributed by atoms with van der Waals surface area (Å²) in [6.45, 7) is 3.21. The molecule has 0 aromatic heterocycles. The number of alkyl halides is 3. The molecule has 0 bridgehead atoms. The van der Waals surface area contributed by atoms with Gasteiger partial charge >= 0.3 is 12.1 Å². The van der Waals surface area contributed by atoms with Gasteiger partial charge in [0.25, 0.3) is 0 Å². The summed E-state index contributed by atoms with van der Waals surface area (Å²) in [7, 11) is 0. The van der Waals surface area contributed by atoms with Crippen molar-refractivity contribution in [2.75, 3.05) is 17.6 Å². The predicted molar refractivity (Wildman–Crippen MR) is 104 cm³/mol. The van der Waals surface area contributed by atoms with Crippen molar-refractivity contribution in [3.05, 3.63) is 59.7 Å². The Kier molecular flexibility index (Phi) is 7.51. The first kappa shape index (κ1) is 21.8. The van der Waals surface area contributed by atoms with Crippen LogP contribution in [-0.4, -0.2) is 35.2 Å². The Morgan fingerprint density at radius 1 is 1.11 bits per heavy atom. The van der Waals surface area contributed by atoms with E-state index in [9.17, 15) is 22.8 Å². The highest BCUT2D eigenvalue weighted by Crippen LogP contribution is 2.22. The molecule has 0 fully saturated rings. The molecule has 2 aromatic carbocycles. The van der Waals surface area contributed by atoms with Gasteiger partial charge < -0.3 is 10.2 Å². The maximum Gasteiger partial charge on any atom is 0.471 e. The van der Waals surface area contributed by atoms with E-state index in [4.69, 9.17) is 0 Å². The monoisotopic (exact) mass is 410 g/mol. The van der Waals surface area contributed by atoms with Gasteiger partial charge in [-0.15, -0.1) is 11.8 Å². The first-order chi connectivity index (χ1) is 13.2. The third-order valence-corrected chi connectivity index (χ3v) is 4.90. The molecule has 4 nitrogen and oxygen atoms in total. The Labute approximate surface area is 166 Å². The molecule has 0 atom stereocenters. The van der Waals surface area contributed by atoms with Crippen LogP contribution in [0.5, 0.6) is 0 Å². The lowest BCUT2D eigenvalue weighted by atomic mass is 10.2. The Hall–Kier alpha value is -2.48. The van der Waals surface area contributed by atoms with Crippen molar-refractivity contribution in [1.29, 1.82) is 0 Å². The zero-order valence-electron chi connectivity index (χ0n) is 15.5. The summed E-state index contributed by atoms with van der Waals surface area (Å²) in [6, 6.07) is 14.3. The van der Waals surface area contributed by atoms with Gasteiger partial charge in [-0.3, -0.25) is 9.59 Å². The number of aryl methyl sites for hydroxylation is 1.